The van der Waals surface area contributed by atoms with E-state index in [4.69, 9.17) is 11.5 Å². The van der Waals surface area contributed by atoms with E-state index < -0.39 is 0 Å². The Kier molecular flexibility index (Phi) is 4.83. The summed E-state index contributed by atoms with van der Waals surface area (Å²) in [5.74, 6) is 0. The van der Waals surface area contributed by atoms with E-state index in [9.17, 15) is 4.79 Å². The fourth-order valence-corrected chi connectivity index (χ4v) is 2.94. The minimum absolute atomic E-state index is 0.0176. The Balaban J connectivity index is 1.66. The van der Waals surface area contributed by atoms with Crippen LogP contribution in [0.1, 0.15) is 51.4 Å². The van der Waals surface area contributed by atoms with Crippen molar-refractivity contribution in [3.8, 4) is 0 Å². The van der Waals surface area contributed by atoms with Crippen LogP contribution in [-0.2, 0) is 0 Å². The summed E-state index contributed by atoms with van der Waals surface area (Å²) in [6.07, 6.45) is 8.08. The molecule has 2 aliphatic rings. The Bertz CT molecular complexity index is 242. The summed E-state index contributed by atoms with van der Waals surface area (Å²) < 4.78 is 0. The zero-order chi connectivity index (χ0) is 13.0. The Hall–Kier alpha value is -0.810. The number of hydrogen-bond donors (Lipinski definition) is 4. The van der Waals surface area contributed by atoms with Gasteiger partial charge in [-0.05, 0) is 51.4 Å². The second-order valence-electron chi connectivity index (χ2n) is 5.84. The first-order valence-corrected chi connectivity index (χ1v) is 7.21. The summed E-state index contributed by atoms with van der Waals surface area (Å²) in [6.45, 7) is 0. The molecule has 2 rings (SSSR count). The highest BCUT2D eigenvalue weighted by Gasteiger charge is 2.23. The van der Waals surface area contributed by atoms with Gasteiger partial charge in [0.25, 0.3) is 0 Å². The average molecular weight is 254 g/mol. The SMILES string of the molecule is NC1CCC(NC(=O)NC2CCC(N)CC2)CC1. The van der Waals surface area contributed by atoms with Crippen molar-refractivity contribution in [3.05, 3.63) is 0 Å². The third kappa shape index (κ3) is 4.14. The second-order valence-corrected chi connectivity index (χ2v) is 5.84. The predicted molar refractivity (Wildman–Crippen MR) is 72.1 cm³/mol. The van der Waals surface area contributed by atoms with Crippen LogP contribution in [0.15, 0.2) is 0 Å². The van der Waals surface area contributed by atoms with Crippen molar-refractivity contribution in [2.24, 2.45) is 11.5 Å². The summed E-state index contributed by atoms with van der Waals surface area (Å²) in [7, 11) is 0. The van der Waals surface area contributed by atoms with Crippen LogP contribution in [0.25, 0.3) is 0 Å². The molecule has 2 saturated carbocycles. The van der Waals surface area contributed by atoms with Crippen molar-refractivity contribution in [2.45, 2.75) is 75.5 Å². The van der Waals surface area contributed by atoms with Gasteiger partial charge in [0.15, 0.2) is 0 Å². The van der Waals surface area contributed by atoms with Crippen molar-refractivity contribution in [2.75, 3.05) is 0 Å². The lowest BCUT2D eigenvalue weighted by Crippen LogP contribution is -2.49. The zero-order valence-corrected chi connectivity index (χ0v) is 11.0. The van der Waals surface area contributed by atoms with E-state index in [2.05, 4.69) is 10.6 Å². The first kappa shape index (κ1) is 13.6. The van der Waals surface area contributed by atoms with Gasteiger partial charge in [-0.1, -0.05) is 0 Å². The normalized spacial score (nSPS) is 37.0. The fourth-order valence-electron chi connectivity index (χ4n) is 2.94. The molecule has 0 radical (unpaired) electrons. The highest BCUT2D eigenvalue weighted by atomic mass is 16.2. The third-order valence-corrected chi connectivity index (χ3v) is 4.21. The van der Waals surface area contributed by atoms with E-state index in [1.807, 2.05) is 0 Å². The highest BCUT2D eigenvalue weighted by Crippen LogP contribution is 2.18. The van der Waals surface area contributed by atoms with Crippen LogP contribution < -0.4 is 22.1 Å². The zero-order valence-electron chi connectivity index (χ0n) is 11.0. The number of carbonyl (C=O) groups is 1. The third-order valence-electron chi connectivity index (χ3n) is 4.21. The molecule has 6 N–H and O–H groups in total. The molecule has 0 bridgehead atoms. The summed E-state index contributed by atoms with van der Waals surface area (Å²) in [5.41, 5.74) is 11.7. The Morgan fingerprint density at radius 2 is 1.06 bits per heavy atom. The lowest BCUT2D eigenvalue weighted by atomic mass is 9.91. The molecule has 0 unspecified atom stereocenters. The molecule has 0 spiro atoms. The number of urea groups is 1. The van der Waals surface area contributed by atoms with Gasteiger partial charge in [0.1, 0.15) is 0 Å². The molecule has 0 saturated heterocycles. The van der Waals surface area contributed by atoms with Crippen LogP contribution in [0.5, 0.6) is 0 Å². The number of amides is 2. The molecule has 0 heterocycles. The number of rotatable bonds is 2. The molecule has 0 atom stereocenters. The van der Waals surface area contributed by atoms with Crippen LogP contribution in [0, 0.1) is 0 Å². The molecule has 5 heteroatoms. The van der Waals surface area contributed by atoms with Gasteiger partial charge in [-0.15, -0.1) is 0 Å². The lowest BCUT2D eigenvalue weighted by molar-refractivity contribution is 0.222. The average Bonchev–Trinajstić information content (AvgIpc) is 2.35. The molecule has 0 aromatic rings. The van der Waals surface area contributed by atoms with Crippen LogP contribution in [0.2, 0.25) is 0 Å². The minimum atomic E-state index is -0.0176. The number of carbonyl (C=O) groups excluding carboxylic acids is 1. The predicted octanol–water partition coefficient (Wildman–Crippen LogP) is 0.825. The Morgan fingerprint density at radius 1 is 0.722 bits per heavy atom. The molecule has 104 valence electrons. The number of nitrogens with one attached hydrogen (secondary N) is 2. The Labute approximate surface area is 109 Å². The minimum Gasteiger partial charge on any atom is -0.335 e. The largest absolute Gasteiger partial charge is 0.335 e. The molecule has 0 aromatic heterocycles. The van der Waals surface area contributed by atoms with Gasteiger partial charge >= 0.3 is 6.03 Å². The van der Waals surface area contributed by atoms with Gasteiger partial charge < -0.3 is 22.1 Å². The summed E-state index contributed by atoms with van der Waals surface area (Å²) in [6, 6.07) is 1.24. The topological polar surface area (TPSA) is 93.2 Å². The van der Waals surface area contributed by atoms with Crippen LogP contribution >= 0.6 is 0 Å². The smallest absolute Gasteiger partial charge is 0.315 e. The van der Waals surface area contributed by atoms with E-state index >= 15 is 0 Å². The molecule has 0 aliphatic heterocycles. The maximum Gasteiger partial charge on any atom is 0.315 e. The first-order chi connectivity index (χ1) is 8.63. The van der Waals surface area contributed by atoms with Gasteiger partial charge in [0, 0.05) is 24.2 Å². The van der Waals surface area contributed by atoms with Gasteiger partial charge in [0.05, 0.1) is 0 Å². The molecule has 2 aliphatic carbocycles. The van der Waals surface area contributed by atoms with Crippen molar-refractivity contribution in [3.63, 3.8) is 0 Å². The second kappa shape index (κ2) is 6.38. The summed E-state index contributed by atoms with van der Waals surface area (Å²) in [4.78, 5) is 11.9. The van der Waals surface area contributed by atoms with Crippen molar-refractivity contribution in [1.82, 2.24) is 10.6 Å². The molecule has 2 amide bonds. The monoisotopic (exact) mass is 254 g/mol. The standard InChI is InChI=1S/C13H26N4O/c14-9-1-5-11(6-2-9)16-13(18)17-12-7-3-10(15)4-8-12/h9-12H,1-8,14-15H2,(H2,16,17,18). The van der Waals surface area contributed by atoms with Crippen molar-refractivity contribution in [1.29, 1.82) is 0 Å². The van der Waals surface area contributed by atoms with Gasteiger partial charge in [-0.2, -0.15) is 0 Å². The number of nitrogens with two attached hydrogens (primary N) is 2. The van der Waals surface area contributed by atoms with E-state index in [-0.39, 0.29) is 6.03 Å². The van der Waals surface area contributed by atoms with Gasteiger partial charge in [-0.25, -0.2) is 4.79 Å². The molecule has 2 fully saturated rings. The van der Waals surface area contributed by atoms with Crippen molar-refractivity contribution < 1.29 is 4.79 Å². The molecule has 5 nitrogen and oxygen atoms in total. The number of hydrogen-bond acceptors (Lipinski definition) is 3. The lowest BCUT2D eigenvalue weighted by Gasteiger charge is -2.30. The molecular formula is C13H26N4O. The molecule has 18 heavy (non-hydrogen) atoms. The maximum atomic E-state index is 11.9. The quantitative estimate of drug-likeness (QED) is 0.588. The maximum absolute atomic E-state index is 11.9. The van der Waals surface area contributed by atoms with E-state index in [0.717, 1.165) is 51.4 Å². The Morgan fingerprint density at radius 3 is 1.39 bits per heavy atom. The van der Waals surface area contributed by atoms with Crippen molar-refractivity contribution >= 4 is 6.03 Å². The fraction of sp³-hybridized carbons (Fsp3) is 0.923. The highest BCUT2D eigenvalue weighted by molar-refractivity contribution is 5.74. The van der Waals surface area contributed by atoms with E-state index in [1.165, 1.54) is 0 Å². The van der Waals surface area contributed by atoms with Crippen LogP contribution in [-0.4, -0.2) is 30.2 Å². The van der Waals surface area contributed by atoms with Gasteiger partial charge in [0.2, 0.25) is 0 Å². The van der Waals surface area contributed by atoms with Crippen LogP contribution in [0.4, 0.5) is 4.79 Å². The summed E-state index contributed by atoms with van der Waals surface area (Å²) in [5, 5.41) is 6.12. The first-order valence-electron chi connectivity index (χ1n) is 7.21. The molecule has 0 aromatic carbocycles. The van der Waals surface area contributed by atoms with Gasteiger partial charge in [-0.3, -0.25) is 0 Å². The molecular weight excluding hydrogens is 228 g/mol. The van der Waals surface area contributed by atoms with E-state index in [0.29, 0.717) is 24.2 Å². The van der Waals surface area contributed by atoms with E-state index in [1.54, 1.807) is 0 Å². The summed E-state index contributed by atoms with van der Waals surface area (Å²) >= 11 is 0. The van der Waals surface area contributed by atoms with Crippen LogP contribution in [0.3, 0.4) is 0 Å².